The fourth-order valence-corrected chi connectivity index (χ4v) is 2.74. The van der Waals surface area contributed by atoms with E-state index in [1.807, 2.05) is 18.2 Å². The number of hydrogen-bond acceptors (Lipinski definition) is 2. The van der Waals surface area contributed by atoms with E-state index in [1.54, 1.807) is 0 Å². The molecule has 1 heterocycles. The minimum atomic E-state index is 0.0777. The van der Waals surface area contributed by atoms with Crippen LogP contribution in [0.4, 0.5) is 5.69 Å². The van der Waals surface area contributed by atoms with Gasteiger partial charge >= 0.3 is 0 Å². The van der Waals surface area contributed by atoms with Crippen LogP contribution in [0.1, 0.15) is 45.1 Å². The Balaban J connectivity index is 2.10. The van der Waals surface area contributed by atoms with Gasteiger partial charge in [0.05, 0.1) is 5.92 Å². The third-order valence-electron chi connectivity index (χ3n) is 3.94. The molecule has 2 N–H and O–H groups in total. The largest absolute Gasteiger partial charge is 0.326 e. The number of carbonyl (C=O) groups excluding carboxylic acids is 1. The van der Waals surface area contributed by atoms with E-state index in [9.17, 15) is 4.79 Å². The van der Waals surface area contributed by atoms with Gasteiger partial charge in [-0.3, -0.25) is 4.79 Å². The number of benzene rings is 1. The van der Waals surface area contributed by atoms with Gasteiger partial charge in [0.1, 0.15) is 0 Å². The highest BCUT2D eigenvalue weighted by Gasteiger charge is 2.27. The summed E-state index contributed by atoms with van der Waals surface area (Å²) in [5, 5.41) is 6.49. The van der Waals surface area contributed by atoms with E-state index >= 15 is 0 Å². The van der Waals surface area contributed by atoms with Crippen molar-refractivity contribution in [2.24, 2.45) is 5.92 Å². The first-order valence-electron chi connectivity index (χ1n) is 7.22. The van der Waals surface area contributed by atoms with Crippen LogP contribution in [0.15, 0.2) is 24.3 Å². The zero-order valence-electron chi connectivity index (χ0n) is 12.1. The molecule has 0 bridgehead atoms. The summed E-state index contributed by atoms with van der Waals surface area (Å²) in [6, 6.07) is 8.34. The van der Waals surface area contributed by atoms with E-state index in [0.29, 0.717) is 5.92 Å². The van der Waals surface area contributed by atoms with Gasteiger partial charge in [0.15, 0.2) is 0 Å². The lowest BCUT2D eigenvalue weighted by Crippen LogP contribution is -2.44. The average molecular weight is 260 g/mol. The first-order valence-corrected chi connectivity index (χ1v) is 7.22. The van der Waals surface area contributed by atoms with Crippen molar-refractivity contribution in [3.8, 4) is 0 Å². The molecule has 2 atom stereocenters. The van der Waals surface area contributed by atoms with Crippen LogP contribution in [0.2, 0.25) is 0 Å². The average Bonchev–Trinajstić information content (AvgIpc) is 2.39. The third-order valence-corrected chi connectivity index (χ3v) is 3.94. The van der Waals surface area contributed by atoms with Crippen LogP contribution >= 0.6 is 0 Å². The molecular formula is C16H24N2O. The van der Waals surface area contributed by atoms with Crippen molar-refractivity contribution in [1.82, 2.24) is 5.32 Å². The Bertz CT molecular complexity index is 442. The van der Waals surface area contributed by atoms with Crippen molar-refractivity contribution in [2.75, 3.05) is 11.9 Å². The monoisotopic (exact) mass is 260 g/mol. The third kappa shape index (κ3) is 3.35. The highest BCUT2D eigenvalue weighted by molar-refractivity contribution is 5.93. The molecule has 2 unspecified atom stereocenters. The van der Waals surface area contributed by atoms with Gasteiger partial charge in [0.25, 0.3) is 0 Å². The summed E-state index contributed by atoms with van der Waals surface area (Å²) in [4.78, 5) is 12.4. The predicted octanol–water partition coefficient (Wildman–Crippen LogP) is 3.14. The summed E-state index contributed by atoms with van der Waals surface area (Å²) in [6.45, 7) is 7.41. The maximum absolute atomic E-state index is 12.4. The molecule has 1 aromatic rings. The number of piperidine rings is 1. The summed E-state index contributed by atoms with van der Waals surface area (Å²) in [5.74, 6) is 0.639. The van der Waals surface area contributed by atoms with Gasteiger partial charge < -0.3 is 10.6 Å². The lowest BCUT2D eigenvalue weighted by molar-refractivity contribution is -0.121. The fraction of sp³-hybridized carbons (Fsp3) is 0.562. The molecule has 2 rings (SSSR count). The minimum absolute atomic E-state index is 0.0777. The summed E-state index contributed by atoms with van der Waals surface area (Å²) in [6.07, 6.45) is 2.05. The van der Waals surface area contributed by atoms with Gasteiger partial charge in [-0.05, 0) is 43.9 Å². The molecule has 1 saturated heterocycles. The maximum Gasteiger partial charge on any atom is 0.229 e. The molecule has 1 amide bonds. The summed E-state index contributed by atoms with van der Waals surface area (Å²) < 4.78 is 0. The van der Waals surface area contributed by atoms with Crippen molar-refractivity contribution in [1.29, 1.82) is 0 Å². The van der Waals surface area contributed by atoms with Gasteiger partial charge in [-0.25, -0.2) is 0 Å². The number of hydrogen-bond donors (Lipinski definition) is 2. The molecule has 0 radical (unpaired) electrons. The Morgan fingerprint density at radius 2 is 2.11 bits per heavy atom. The van der Waals surface area contributed by atoms with E-state index in [0.717, 1.165) is 25.1 Å². The first-order chi connectivity index (χ1) is 9.09. The molecule has 3 heteroatoms. The molecule has 0 saturated carbocycles. The number of anilines is 1. The van der Waals surface area contributed by atoms with E-state index in [1.165, 1.54) is 5.56 Å². The van der Waals surface area contributed by atoms with Crippen molar-refractivity contribution in [3.63, 3.8) is 0 Å². The summed E-state index contributed by atoms with van der Waals surface area (Å²) in [5.41, 5.74) is 2.16. The molecule has 19 heavy (non-hydrogen) atoms. The molecular weight excluding hydrogens is 236 g/mol. The van der Waals surface area contributed by atoms with Crippen LogP contribution in [0.25, 0.3) is 0 Å². The van der Waals surface area contributed by atoms with Crippen LogP contribution < -0.4 is 10.6 Å². The van der Waals surface area contributed by atoms with Gasteiger partial charge in [0.2, 0.25) is 5.91 Å². The van der Waals surface area contributed by atoms with Crippen LogP contribution in [0.3, 0.4) is 0 Å². The van der Waals surface area contributed by atoms with Crippen molar-refractivity contribution < 1.29 is 4.79 Å². The molecule has 0 aliphatic carbocycles. The van der Waals surface area contributed by atoms with Gasteiger partial charge in [0, 0.05) is 11.7 Å². The summed E-state index contributed by atoms with van der Waals surface area (Å²) in [7, 11) is 0. The lowest BCUT2D eigenvalue weighted by Gasteiger charge is -2.29. The Morgan fingerprint density at radius 3 is 2.79 bits per heavy atom. The first kappa shape index (κ1) is 14.1. The molecule has 0 spiro atoms. The molecule has 104 valence electrons. The summed E-state index contributed by atoms with van der Waals surface area (Å²) >= 11 is 0. The second-order valence-electron chi connectivity index (χ2n) is 5.72. The topological polar surface area (TPSA) is 41.1 Å². The smallest absolute Gasteiger partial charge is 0.229 e. The second-order valence-corrected chi connectivity index (χ2v) is 5.72. The fourth-order valence-electron chi connectivity index (χ4n) is 2.74. The molecule has 1 fully saturated rings. The maximum atomic E-state index is 12.4. The number of nitrogens with one attached hydrogen (secondary N) is 2. The van der Waals surface area contributed by atoms with E-state index in [2.05, 4.69) is 37.5 Å². The normalized spacial score (nSPS) is 23.4. The molecule has 1 aliphatic rings. The SMILES string of the molecule is CC(C)c1ccccc1NC(=O)C1CCCNC1C. The van der Waals surface area contributed by atoms with Crippen LogP contribution in [0, 0.1) is 5.92 Å². The number of rotatable bonds is 3. The Kier molecular flexibility index (Phi) is 4.59. The second kappa shape index (κ2) is 6.20. The minimum Gasteiger partial charge on any atom is -0.326 e. The molecule has 3 nitrogen and oxygen atoms in total. The Morgan fingerprint density at radius 1 is 1.37 bits per heavy atom. The Hall–Kier alpha value is -1.35. The van der Waals surface area contributed by atoms with Gasteiger partial charge in [-0.2, -0.15) is 0 Å². The highest BCUT2D eigenvalue weighted by Crippen LogP contribution is 2.25. The van der Waals surface area contributed by atoms with Crippen molar-refractivity contribution in [3.05, 3.63) is 29.8 Å². The predicted molar refractivity (Wildman–Crippen MR) is 79.3 cm³/mol. The highest BCUT2D eigenvalue weighted by atomic mass is 16.1. The van der Waals surface area contributed by atoms with Gasteiger partial charge in [-0.15, -0.1) is 0 Å². The van der Waals surface area contributed by atoms with Crippen LogP contribution in [-0.2, 0) is 4.79 Å². The number of para-hydroxylation sites is 1. The molecule has 1 aliphatic heterocycles. The van der Waals surface area contributed by atoms with Crippen LogP contribution in [-0.4, -0.2) is 18.5 Å². The molecule has 1 aromatic carbocycles. The number of carbonyl (C=O) groups is 1. The Labute approximate surface area is 115 Å². The zero-order valence-corrected chi connectivity index (χ0v) is 12.1. The van der Waals surface area contributed by atoms with Crippen LogP contribution in [0.5, 0.6) is 0 Å². The lowest BCUT2D eigenvalue weighted by atomic mass is 9.91. The van der Waals surface area contributed by atoms with Crippen molar-refractivity contribution in [2.45, 2.75) is 45.6 Å². The van der Waals surface area contributed by atoms with E-state index < -0.39 is 0 Å². The molecule has 0 aromatic heterocycles. The standard InChI is InChI=1S/C16H24N2O/c1-11(2)13-7-4-5-9-15(13)18-16(19)14-8-6-10-17-12(14)3/h4-5,7,9,11-12,14,17H,6,8,10H2,1-3H3,(H,18,19). The quantitative estimate of drug-likeness (QED) is 0.876. The van der Waals surface area contributed by atoms with E-state index in [4.69, 9.17) is 0 Å². The number of amides is 1. The van der Waals surface area contributed by atoms with Gasteiger partial charge in [-0.1, -0.05) is 32.0 Å². The zero-order chi connectivity index (χ0) is 13.8. The van der Waals surface area contributed by atoms with Crippen molar-refractivity contribution >= 4 is 11.6 Å². The van der Waals surface area contributed by atoms with E-state index in [-0.39, 0.29) is 17.9 Å².